The van der Waals surface area contributed by atoms with Crippen molar-refractivity contribution >= 4 is 5.91 Å². The van der Waals surface area contributed by atoms with Gasteiger partial charge in [-0.3, -0.25) is 4.79 Å². The minimum Gasteiger partial charge on any atom is -0.355 e. The molecule has 1 unspecified atom stereocenters. The molecule has 18 heavy (non-hydrogen) atoms. The van der Waals surface area contributed by atoms with E-state index in [-0.39, 0.29) is 5.91 Å². The van der Waals surface area contributed by atoms with Crippen LogP contribution in [0.25, 0.3) is 0 Å². The van der Waals surface area contributed by atoms with E-state index in [1.165, 1.54) is 38.5 Å². The van der Waals surface area contributed by atoms with Crippen LogP contribution in [0.15, 0.2) is 0 Å². The minimum absolute atomic E-state index is 0.278. The van der Waals surface area contributed by atoms with Crippen LogP contribution in [-0.4, -0.2) is 25.5 Å². The molecule has 0 aromatic rings. The number of piperidine rings is 1. The van der Waals surface area contributed by atoms with Crippen molar-refractivity contribution in [2.24, 2.45) is 11.3 Å². The Labute approximate surface area is 111 Å². The number of hydrogen-bond acceptors (Lipinski definition) is 2. The first-order chi connectivity index (χ1) is 8.74. The summed E-state index contributed by atoms with van der Waals surface area (Å²) < 4.78 is 0. The van der Waals surface area contributed by atoms with E-state index in [1.54, 1.807) is 0 Å². The van der Waals surface area contributed by atoms with E-state index >= 15 is 0 Å². The molecule has 1 saturated carbocycles. The Hall–Kier alpha value is -0.570. The fourth-order valence-corrected chi connectivity index (χ4v) is 3.44. The second-order valence-electron chi connectivity index (χ2n) is 6.27. The number of carbonyl (C=O) groups excluding carboxylic acids is 1. The van der Waals surface area contributed by atoms with Crippen molar-refractivity contribution in [3.63, 3.8) is 0 Å². The van der Waals surface area contributed by atoms with Gasteiger partial charge in [0.1, 0.15) is 0 Å². The molecule has 2 fully saturated rings. The highest BCUT2D eigenvalue weighted by molar-refractivity contribution is 5.76. The van der Waals surface area contributed by atoms with Crippen molar-refractivity contribution in [2.75, 3.05) is 19.6 Å². The third-order valence-electron chi connectivity index (χ3n) is 4.92. The topological polar surface area (TPSA) is 41.1 Å². The first kappa shape index (κ1) is 13.9. The smallest absolute Gasteiger partial charge is 0.220 e. The van der Waals surface area contributed by atoms with Crippen LogP contribution in [0.5, 0.6) is 0 Å². The molecule has 1 heterocycles. The molecule has 0 aromatic carbocycles. The predicted octanol–water partition coefficient (Wildman–Crippen LogP) is 2.46. The van der Waals surface area contributed by atoms with Crippen LogP contribution in [-0.2, 0) is 4.79 Å². The molecule has 1 amide bonds. The number of amides is 1. The average Bonchev–Trinajstić information content (AvgIpc) is 2.90. The maximum absolute atomic E-state index is 12.0. The monoisotopic (exact) mass is 252 g/mol. The standard InChI is InChI=1S/C15H28N2O/c1-2-15(8-5-9-16-11-15)12-17-14(18)10-13-6-3-4-7-13/h13,16H,2-12H2,1H3,(H,17,18). The van der Waals surface area contributed by atoms with Crippen molar-refractivity contribution < 1.29 is 4.79 Å². The summed E-state index contributed by atoms with van der Waals surface area (Å²) >= 11 is 0. The van der Waals surface area contributed by atoms with Gasteiger partial charge in [0.15, 0.2) is 0 Å². The second-order valence-corrected chi connectivity index (χ2v) is 6.27. The Balaban J connectivity index is 1.73. The van der Waals surface area contributed by atoms with Gasteiger partial charge < -0.3 is 10.6 Å². The summed E-state index contributed by atoms with van der Waals surface area (Å²) in [5.74, 6) is 0.937. The zero-order valence-corrected chi connectivity index (χ0v) is 11.8. The summed E-state index contributed by atoms with van der Waals surface area (Å²) in [7, 11) is 0. The molecule has 1 aliphatic heterocycles. The third-order valence-corrected chi connectivity index (χ3v) is 4.92. The van der Waals surface area contributed by atoms with Gasteiger partial charge >= 0.3 is 0 Å². The Morgan fingerprint density at radius 3 is 2.72 bits per heavy atom. The number of rotatable bonds is 5. The molecule has 1 aliphatic carbocycles. The molecule has 104 valence electrons. The third kappa shape index (κ3) is 3.71. The molecular weight excluding hydrogens is 224 g/mol. The van der Waals surface area contributed by atoms with Gasteiger partial charge in [0.2, 0.25) is 5.91 Å². The van der Waals surface area contributed by atoms with E-state index in [9.17, 15) is 4.79 Å². The first-order valence-corrected chi connectivity index (χ1v) is 7.71. The maximum atomic E-state index is 12.0. The van der Waals surface area contributed by atoms with Gasteiger partial charge in [0.05, 0.1) is 0 Å². The lowest BCUT2D eigenvalue weighted by atomic mass is 9.78. The molecule has 0 radical (unpaired) electrons. The van der Waals surface area contributed by atoms with Gasteiger partial charge in [-0.1, -0.05) is 19.8 Å². The van der Waals surface area contributed by atoms with Crippen molar-refractivity contribution in [3.05, 3.63) is 0 Å². The van der Waals surface area contributed by atoms with Crippen LogP contribution in [0.1, 0.15) is 58.3 Å². The highest BCUT2D eigenvalue weighted by Crippen LogP contribution is 2.30. The fourth-order valence-electron chi connectivity index (χ4n) is 3.44. The summed E-state index contributed by atoms with van der Waals surface area (Å²) in [5, 5.41) is 6.66. The van der Waals surface area contributed by atoms with Crippen LogP contribution >= 0.6 is 0 Å². The molecule has 1 atom stereocenters. The zero-order chi connectivity index (χ0) is 12.8. The minimum atomic E-state index is 0.278. The highest BCUT2D eigenvalue weighted by Gasteiger charge is 2.30. The van der Waals surface area contributed by atoms with E-state index < -0.39 is 0 Å². The molecule has 1 saturated heterocycles. The Kier molecular flexibility index (Phi) is 5.04. The van der Waals surface area contributed by atoms with Crippen LogP contribution in [0.2, 0.25) is 0 Å². The second kappa shape index (κ2) is 6.55. The van der Waals surface area contributed by atoms with E-state index in [4.69, 9.17) is 0 Å². The van der Waals surface area contributed by atoms with E-state index in [0.29, 0.717) is 11.3 Å². The normalized spacial score (nSPS) is 29.4. The molecule has 3 heteroatoms. The summed E-state index contributed by atoms with van der Waals surface area (Å²) in [6.07, 6.45) is 9.56. The summed E-state index contributed by atoms with van der Waals surface area (Å²) in [5.41, 5.74) is 0.309. The van der Waals surface area contributed by atoms with Crippen molar-refractivity contribution in [1.82, 2.24) is 10.6 Å². The van der Waals surface area contributed by atoms with Gasteiger partial charge in [0.25, 0.3) is 0 Å². The molecule has 2 N–H and O–H groups in total. The average molecular weight is 252 g/mol. The summed E-state index contributed by atoms with van der Waals surface area (Å²) in [6.45, 7) is 5.31. The van der Waals surface area contributed by atoms with E-state index in [0.717, 1.165) is 32.5 Å². The molecule has 2 rings (SSSR count). The van der Waals surface area contributed by atoms with Gasteiger partial charge in [0, 0.05) is 19.5 Å². The molecule has 2 aliphatic rings. The van der Waals surface area contributed by atoms with Crippen LogP contribution in [0, 0.1) is 11.3 Å². The lowest BCUT2D eigenvalue weighted by Crippen LogP contribution is -2.47. The maximum Gasteiger partial charge on any atom is 0.220 e. The van der Waals surface area contributed by atoms with E-state index in [2.05, 4.69) is 17.6 Å². The molecule has 0 spiro atoms. The molecule has 0 aromatic heterocycles. The van der Waals surface area contributed by atoms with Crippen molar-refractivity contribution in [3.8, 4) is 0 Å². The lowest BCUT2D eigenvalue weighted by molar-refractivity contribution is -0.122. The van der Waals surface area contributed by atoms with Crippen LogP contribution in [0.4, 0.5) is 0 Å². The molecule has 3 nitrogen and oxygen atoms in total. The summed E-state index contributed by atoms with van der Waals surface area (Å²) in [6, 6.07) is 0. The van der Waals surface area contributed by atoms with E-state index in [1.807, 2.05) is 0 Å². The fraction of sp³-hybridized carbons (Fsp3) is 0.933. The SMILES string of the molecule is CCC1(CNC(=O)CC2CCCC2)CCCNC1. The predicted molar refractivity (Wildman–Crippen MR) is 74.4 cm³/mol. The van der Waals surface area contributed by atoms with Crippen molar-refractivity contribution in [2.45, 2.75) is 58.3 Å². The zero-order valence-electron chi connectivity index (χ0n) is 11.8. The Bertz CT molecular complexity index is 266. The Morgan fingerprint density at radius 2 is 2.11 bits per heavy atom. The van der Waals surface area contributed by atoms with Crippen molar-refractivity contribution in [1.29, 1.82) is 0 Å². The molecular formula is C15H28N2O. The summed E-state index contributed by atoms with van der Waals surface area (Å²) in [4.78, 5) is 12.0. The van der Waals surface area contributed by atoms with Crippen LogP contribution in [0.3, 0.4) is 0 Å². The number of carbonyl (C=O) groups is 1. The highest BCUT2D eigenvalue weighted by atomic mass is 16.1. The van der Waals surface area contributed by atoms with Gasteiger partial charge in [-0.2, -0.15) is 0 Å². The number of nitrogens with one attached hydrogen (secondary N) is 2. The van der Waals surface area contributed by atoms with Crippen LogP contribution < -0.4 is 10.6 Å². The van der Waals surface area contributed by atoms with Gasteiger partial charge in [-0.25, -0.2) is 0 Å². The Morgan fingerprint density at radius 1 is 1.33 bits per heavy atom. The van der Waals surface area contributed by atoms with Gasteiger partial charge in [-0.15, -0.1) is 0 Å². The first-order valence-electron chi connectivity index (χ1n) is 7.71. The number of hydrogen-bond donors (Lipinski definition) is 2. The van der Waals surface area contributed by atoms with Gasteiger partial charge in [-0.05, 0) is 50.0 Å². The quantitative estimate of drug-likeness (QED) is 0.789. The largest absolute Gasteiger partial charge is 0.355 e. The lowest BCUT2D eigenvalue weighted by Gasteiger charge is -2.37. The molecule has 0 bridgehead atoms.